The maximum absolute atomic E-state index is 14.2. The number of methoxy groups -OCH3 is 1. The number of hydrogen-bond acceptors (Lipinski definition) is 8. The van der Waals surface area contributed by atoms with Gasteiger partial charge in [0, 0.05) is 41.3 Å². The van der Waals surface area contributed by atoms with E-state index in [1.165, 1.54) is 14.0 Å². The Balaban J connectivity index is 1.53. The van der Waals surface area contributed by atoms with Gasteiger partial charge in [0.25, 0.3) is 0 Å². The average Bonchev–Trinajstić information content (AvgIpc) is 3.00. The molecule has 10 nitrogen and oxygen atoms in total. The van der Waals surface area contributed by atoms with E-state index >= 15 is 0 Å². The molecule has 4 rings (SSSR count). The molecule has 4 atom stereocenters. The van der Waals surface area contributed by atoms with Gasteiger partial charge in [-0.05, 0) is 87.9 Å². The lowest BCUT2D eigenvalue weighted by Gasteiger charge is -2.43. The largest absolute Gasteiger partial charge is 0.494 e. The third-order valence-electron chi connectivity index (χ3n) is 7.56. The van der Waals surface area contributed by atoms with E-state index in [-0.39, 0.29) is 30.8 Å². The van der Waals surface area contributed by atoms with Crippen LogP contribution < -0.4 is 20.3 Å². The summed E-state index contributed by atoms with van der Waals surface area (Å²) in [5.41, 5.74) is 2.06. The highest BCUT2D eigenvalue weighted by atomic mass is 35.5. The Hall–Kier alpha value is -4.57. The first kappa shape index (κ1) is 34.3. The number of Topliss-reactive ketones (excluding diaryl/α,β-unsaturated/α-hetero) is 1. The molecule has 244 valence electrons. The highest BCUT2D eigenvalue weighted by molar-refractivity contribution is 6.30. The first-order valence-electron chi connectivity index (χ1n) is 15.0. The van der Waals surface area contributed by atoms with Crippen LogP contribution in [-0.4, -0.2) is 55.2 Å². The van der Waals surface area contributed by atoms with Gasteiger partial charge in [0.1, 0.15) is 17.4 Å². The molecular formula is C35H40ClN3O7. The number of carbonyl (C=O) groups is 4. The number of carbonyl (C=O) groups excluding carboxylic acids is 4. The van der Waals surface area contributed by atoms with Crippen LogP contribution in [0.4, 0.5) is 16.2 Å². The lowest BCUT2D eigenvalue weighted by atomic mass is 9.77. The van der Waals surface area contributed by atoms with Crippen molar-refractivity contribution in [3.63, 3.8) is 0 Å². The Morgan fingerprint density at radius 2 is 1.63 bits per heavy atom. The maximum Gasteiger partial charge on any atom is 0.408 e. The van der Waals surface area contributed by atoms with Crippen molar-refractivity contribution < 1.29 is 33.4 Å². The van der Waals surface area contributed by atoms with Crippen molar-refractivity contribution in [1.29, 1.82) is 0 Å². The van der Waals surface area contributed by atoms with E-state index in [0.717, 1.165) is 11.3 Å². The second-order valence-corrected chi connectivity index (χ2v) is 12.5. The van der Waals surface area contributed by atoms with Gasteiger partial charge in [0.15, 0.2) is 5.78 Å². The number of benzene rings is 3. The summed E-state index contributed by atoms with van der Waals surface area (Å²) in [4.78, 5) is 53.5. The van der Waals surface area contributed by atoms with Crippen LogP contribution in [0.3, 0.4) is 0 Å². The van der Waals surface area contributed by atoms with Crippen LogP contribution in [0.1, 0.15) is 63.0 Å². The number of amides is 2. The third kappa shape index (κ3) is 8.37. The number of hydrogen-bond donors (Lipinski definition) is 2. The van der Waals surface area contributed by atoms with E-state index in [0.29, 0.717) is 22.0 Å². The highest BCUT2D eigenvalue weighted by Gasteiger charge is 2.44. The van der Waals surface area contributed by atoms with Crippen LogP contribution in [0, 0.1) is 5.92 Å². The van der Waals surface area contributed by atoms with Crippen LogP contribution >= 0.6 is 11.6 Å². The Morgan fingerprint density at radius 1 is 0.978 bits per heavy atom. The predicted molar refractivity (Wildman–Crippen MR) is 176 cm³/mol. The summed E-state index contributed by atoms with van der Waals surface area (Å²) in [5.74, 6) is -1.12. The molecule has 2 N–H and O–H groups in total. The standard InChI is InChI=1S/C35H40ClN3O7/c1-21-30(31(27-9-7-8-10-28(27)37-21)39(22(2)40)25-15-13-24(36)14-16-25)32(41)23-11-17-26(18-12-23)45-20-19-29(33(42)44-6)38-34(43)46-35(3,4)5/h7-18,21,29-31,37H,19-20H2,1-6H3,(H,38,43). The molecule has 1 heterocycles. The van der Waals surface area contributed by atoms with Gasteiger partial charge in [0.05, 0.1) is 25.7 Å². The van der Waals surface area contributed by atoms with E-state index in [1.807, 2.05) is 31.2 Å². The number of para-hydroxylation sites is 1. The van der Waals surface area contributed by atoms with Crippen molar-refractivity contribution in [2.45, 2.75) is 64.8 Å². The number of anilines is 2. The monoisotopic (exact) mass is 649 g/mol. The summed E-state index contributed by atoms with van der Waals surface area (Å²) in [5, 5.41) is 6.51. The molecule has 2 amide bonds. The number of ketones is 1. The van der Waals surface area contributed by atoms with Gasteiger partial charge in [-0.15, -0.1) is 0 Å². The molecule has 0 saturated carbocycles. The molecule has 1 aliphatic rings. The lowest BCUT2D eigenvalue weighted by molar-refractivity contribution is -0.143. The summed E-state index contributed by atoms with van der Waals surface area (Å²) < 4.78 is 15.9. The van der Waals surface area contributed by atoms with E-state index in [4.69, 9.17) is 25.8 Å². The second-order valence-electron chi connectivity index (χ2n) is 12.1. The van der Waals surface area contributed by atoms with E-state index in [1.54, 1.807) is 74.2 Å². The normalized spacial score (nSPS) is 17.8. The first-order chi connectivity index (χ1) is 21.8. The number of halogens is 1. The van der Waals surface area contributed by atoms with Gasteiger partial charge in [-0.1, -0.05) is 29.8 Å². The number of rotatable bonds is 10. The van der Waals surface area contributed by atoms with Gasteiger partial charge in [-0.2, -0.15) is 0 Å². The summed E-state index contributed by atoms with van der Waals surface area (Å²) in [6, 6.07) is 19.5. The molecule has 0 aromatic heterocycles. The Kier molecular flexibility index (Phi) is 11.0. The van der Waals surface area contributed by atoms with Crippen molar-refractivity contribution in [1.82, 2.24) is 5.32 Å². The van der Waals surface area contributed by atoms with E-state index in [2.05, 4.69) is 10.6 Å². The van der Waals surface area contributed by atoms with Crippen LogP contribution in [0.2, 0.25) is 5.02 Å². The molecule has 3 aromatic carbocycles. The van der Waals surface area contributed by atoms with Crippen molar-refractivity contribution >= 4 is 46.7 Å². The summed E-state index contributed by atoms with van der Waals surface area (Å²) in [6.45, 7) is 8.68. The van der Waals surface area contributed by atoms with Crippen molar-refractivity contribution in [3.05, 3.63) is 88.9 Å². The SMILES string of the molecule is COC(=O)C(CCOc1ccc(C(=O)C2C(C)Nc3ccccc3C2N(C(C)=O)c2ccc(Cl)cc2)cc1)NC(=O)OC(C)(C)C. The number of alkyl carbamates (subject to hydrolysis) is 1. The van der Waals surface area contributed by atoms with Gasteiger partial charge >= 0.3 is 12.1 Å². The molecule has 46 heavy (non-hydrogen) atoms. The predicted octanol–water partition coefficient (Wildman–Crippen LogP) is 6.58. The number of nitrogens with zero attached hydrogens (tertiary/aromatic N) is 1. The molecule has 4 unspecified atom stereocenters. The fourth-order valence-electron chi connectivity index (χ4n) is 5.54. The van der Waals surface area contributed by atoms with E-state index in [9.17, 15) is 19.2 Å². The number of nitrogens with one attached hydrogen (secondary N) is 2. The molecular weight excluding hydrogens is 610 g/mol. The molecule has 0 bridgehead atoms. The first-order valence-corrected chi connectivity index (χ1v) is 15.4. The Bertz CT molecular complexity index is 1550. The van der Waals surface area contributed by atoms with Gasteiger partial charge in [-0.25, -0.2) is 9.59 Å². The molecule has 0 radical (unpaired) electrons. The number of fused-ring (bicyclic) bond motifs is 1. The molecule has 0 aliphatic carbocycles. The zero-order valence-corrected chi connectivity index (χ0v) is 27.6. The van der Waals surface area contributed by atoms with Crippen molar-refractivity contribution in [3.8, 4) is 5.75 Å². The van der Waals surface area contributed by atoms with Crippen molar-refractivity contribution in [2.75, 3.05) is 23.9 Å². The minimum Gasteiger partial charge on any atom is -0.494 e. The van der Waals surface area contributed by atoms with Crippen LogP contribution in [-0.2, 0) is 19.1 Å². The second kappa shape index (κ2) is 14.7. The molecule has 0 saturated heterocycles. The van der Waals surface area contributed by atoms with Crippen LogP contribution in [0.25, 0.3) is 0 Å². The highest BCUT2D eigenvalue weighted by Crippen LogP contribution is 2.44. The van der Waals surface area contributed by atoms with Gasteiger partial charge in [0.2, 0.25) is 5.91 Å². The summed E-state index contributed by atoms with van der Waals surface area (Å²) in [7, 11) is 1.24. The maximum atomic E-state index is 14.2. The number of esters is 1. The molecule has 0 fully saturated rings. The van der Waals surface area contributed by atoms with Crippen molar-refractivity contribution in [2.24, 2.45) is 5.92 Å². The topological polar surface area (TPSA) is 123 Å². The quantitative estimate of drug-likeness (QED) is 0.186. The molecule has 0 spiro atoms. The van der Waals surface area contributed by atoms with Crippen LogP contribution in [0.15, 0.2) is 72.8 Å². The summed E-state index contributed by atoms with van der Waals surface area (Å²) >= 11 is 6.15. The Labute approximate surface area is 274 Å². The molecule has 11 heteroatoms. The van der Waals surface area contributed by atoms with Crippen LogP contribution in [0.5, 0.6) is 5.75 Å². The minimum absolute atomic E-state index is 0.0833. The minimum atomic E-state index is -0.967. The fraction of sp³-hybridized carbons (Fsp3) is 0.371. The zero-order chi connectivity index (χ0) is 33.6. The zero-order valence-electron chi connectivity index (χ0n) is 26.8. The molecule has 1 aliphatic heterocycles. The Morgan fingerprint density at radius 3 is 2.24 bits per heavy atom. The van der Waals surface area contributed by atoms with Gasteiger partial charge in [-0.3, -0.25) is 9.59 Å². The van der Waals surface area contributed by atoms with Gasteiger partial charge < -0.3 is 29.7 Å². The molecule has 3 aromatic rings. The van der Waals surface area contributed by atoms with E-state index < -0.39 is 35.7 Å². The average molecular weight is 650 g/mol. The third-order valence-corrected chi connectivity index (χ3v) is 7.81. The fourth-order valence-corrected chi connectivity index (χ4v) is 5.67. The number of ether oxygens (including phenoxy) is 3. The lowest BCUT2D eigenvalue weighted by Crippen LogP contribution is -2.49. The smallest absolute Gasteiger partial charge is 0.408 e. The summed E-state index contributed by atoms with van der Waals surface area (Å²) in [6.07, 6.45) is -0.609.